The molecule has 2 heterocycles. The topological polar surface area (TPSA) is 30.7 Å². The summed E-state index contributed by atoms with van der Waals surface area (Å²) in [5.74, 6) is 0.755. The van der Waals surface area contributed by atoms with E-state index in [1.165, 1.54) is 6.07 Å². The van der Waals surface area contributed by atoms with Crippen molar-refractivity contribution in [3.63, 3.8) is 0 Å². The average molecular weight is 304 g/mol. The van der Waals surface area contributed by atoms with Crippen LogP contribution in [-0.2, 0) is 12.4 Å². The number of fused-ring (bicyclic) bond motifs is 1. The van der Waals surface area contributed by atoms with Gasteiger partial charge in [-0.2, -0.15) is 0 Å². The van der Waals surface area contributed by atoms with E-state index in [0.717, 1.165) is 22.6 Å². The molecule has 0 atom stereocenters. The monoisotopic (exact) mass is 303 g/mol. The van der Waals surface area contributed by atoms with Crippen LogP contribution in [0.2, 0.25) is 0 Å². The molecule has 2 aromatic heterocycles. The Hall–Kier alpha value is -1.94. The molecule has 5 heteroatoms. The van der Waals surface area contributed by atoms with Gasteiger partial charge in [0.25, 0.3) is 0 Å². The fourth-order valence-corrected chi connectivity index (χ4v) is 2.62. The lowest BCUT2D eigenvalue weighted by atomic mass is 10.2. The molecule has 0 radical (unpaired) electrons. The standard InChI is InChI=1S/C16H15ClFN3/c1-10-4-3-5-19-14(10)9-21-15-6-11(2)12(18)7-13(15)20-16(21)8-17/h3-7H,8-9H2,1-2H3. The first kappa shape index (κ1) is 14.0. The Morgan fingerprint density at radius 1 is 1.24 bits per heavy atom. The third-order valence-corrected chi connectivity index (χ3v) is 3.89. The van der Waals surface area contributed by atoms with Crippen LogP contribution in [0, 0.1) is 19.7 Å². The number of imidazole rings is 1. The third kappa shape index (κ3) is 2.51. The van der Waals surface area contributed by atoms with E-state index in [0.29, 0.717) is 17.6 Å². The molecule has 1 aromatic carbocycles. The molecule has 0 amide bonds. The number of alkyl halides is 1. The van der Waals surface area contributed by atoms with Crippen LogP contribution >= 0.6 is 11.6 Å². The molecular formula is C16H15ClFN3. The van der Waals surface area contributed by atoms with E-state index < -0.39 is 0 Å². The second kappa shape index (κ2) is 5.45. The number of hydrogen-bond donors (Lipinski definition) is 0. The number of halogens is 2. The van der Waals surface area contributed by atoms with Gasteiger partial charge >= 0.3 is 0 Å². The van der Waals surface area contributed by atoms with Crippen LogP contribution in [-0.4, -0.2) is 14.5 Å². The van der Waals surface area contributed by atoms with E-state index >= 15 is 0 Å². The number of pyridine rings is 1. The van der Waals surface area contributed by atoms with Gasteiger partial charge in [-0.05, 0) is 37.1 Å². The van der Waals surface area contributed by atoms with Crippen LogP contribution in [0.15, 0.2) is 30.5 Å². The molecule has 0 aliphatic carbocycles. The summed E-state index contributed by atoms with van der Waals surface area (Å²) in [5.41, 5.74) is 4.18. The van der Waals surface area contributed by atoms with Crippen molar-refractivity contribution >= 4 is 22.6 Å². The van der Waals surface area contributed by atoms with Gasteiger partial charge in [-0.25, -0.2) is 9.37 Å². The Morgan fingerprint density at radius 2 is 2.05 bits per heavy atom. The van der Waals surface area contributed by atoms with E-state index in [2.05, 4.69) is 9.97 Å². The van der Waals surface area contributed by atoms with Crippen LogP contribution < -0.4 is 0 Å². The predicted octanol–water partition coefficient (Wildman–Crippen LogP) is 3.97. The highest BCUT2D eigenvalue weighted by Crippen LogP contribution is 2.22. The molecule has 3 aromatic rings. The summed E-state index contributed by atoms with van der Waals surface area (Å²) in [7, 11) is 0. The molecular weight excluding hydrogens is 289 g/mol. The Balaban J connectivity index is 2.16. The van der Waals surface area contributed by atoms with Crippen LogP contribution in [0.1, 0.15) is 22.6 Å². The Bertz CT molecular complexity index is 811. The molecule has 0 saturated heterocycles. The lowest BCUT2D eigenvalue weighted by Crippen LogP contribution is -2.07. The summed E-state index contributed by atoms with van der Waals surface area (Å²) in [6.45, 7) is 4.35. The summed E-state index contributed by atoms with van der Waals surface area (Å²) >= 11 is 5.99. The fourth-order valence-electron chi connectivity index (χ4n) is 2.41. The Labute approximate surface area is 127 Å². The van der Waals surface area contributed by atoms with Gasteiger partial charge in [0.05, 0.1) is 29.2 Å². The number of nitrogens with zero attached hydrogens (tertiary/aromatic N) is 3. The van der Waals surface area contributed by atoms with Gasteiger partial charge < -0.3 is 4.57 Å². The smallest absolute Gasteiger partial charge is 0.128 e. The Morgan fingerprint density at radius 3 is 2.76 bits per heavy atom. The molecule has 3 nitrogen and oxygen atoms in total. The fraction of sp³-hybridized carbons (Fsp3) is 0.250. The predicted molar refractivity (Wildman–Crippen MR) is 82.1 cm³/mol. The van der Waals surface area contributed by atoms with Gasteiger partial charge in [0.15, 0.2) is 0 Å². The quantitative estimate of drug-likeness (QED) is 0.685. The summed E-state index contributed by atoms with van der Waals surface area (Å²) in [4.78, 5) is 8.83. The molecule has 0 bridgehead atoms. The van der Waals surface area contributed by atoms with Gasteiger partial charge in [-0.3, -0.25) is 4.98 Å². The van der Waals surface area contributed by atoms with Crippen molar-refractivity contribution in [1.82, 2.24) is 14.5 Å². The highest BCUT2D eigenvalue weighted by molar-refractivity contribution is 6.16. The van der Waals surface area contributed by atoms with E-state index in [4.69, 9.17) is 11.6 Å². The highest BCUT2D eigenvalue weighted by atomic mass is 35.5. The number of aromatic nitrogens is 3. The third-order valence-electron chi connectivity index (χ3n) is 3.65. The second-order valence-electron chi connectivity index (χ2n) is 5.10. The first-order chi connectivity index (χ1) is 10.1. The molecule has 0 N–H and O–H groups in total. The van der Waals surface area contributed by atoms with E-state index in [1.807, 2.05) is 29.7 Å². The van der Waals surface area contributed by atoms with Crippen molar-refractivity contribution in [3.8, 4) is 0 Å². The van der Waals surface area contributed by atoms with Crippen molar-refractivity contribution in [2.75, 3.05) is 0 Å². The zero-order valence-electron chi connectivity index (χ0n) is 11.9. The van der Waals surface area contributed by atoms with E-state index in [1.54, 1.807) is 13.1 Å². The van der Waals surface area contributed by atoms with Crippen LogP contribution in [0.4, 0.5) is 4.39 Å². The van der Waals surface area contributed by atoms with Crippen molar-refractivity contribution in [3.05, 3.63) is 58.9 Å². The first-order valence-corrected chi connectivity index (χ1v) is 7.25. The number of rotatable bonds is 3. The largest absolute Gasteiger partial charge is 0.321 e. The first-order valence-electron chi connectivity index (χ1n) is 6.72. The summed E-state index contributed by atoms with van der Waals surface area (Å²) in [6.07, 6.45) is 1.77. The molecule has 0 spiro atoms. The molecule has 0 fully saturated rings. The van der Waals surface area contributed by atoms with Gasteiger partial charge in [0, 0.05) is 12.3 Å². The molecule has 108 valence electrons. The summed E-state index contributed by atoms with van der Waals surface area (Å²) < 4.78 is 15.7. The van der Waals surface area contributed by atoms with Gasteiger partial charge in [0.2, 0.25) is 0 Å². The van der Waals surface area contributed by atoms with Crippen molar-refractivity contribution in [2.45, 2.75) is 26.3 Å². The minimum atomic E-state index is -0.248. The van der Waals surface area contributed by atoms with Crippen molar-refractivity contribution in [2.24, 2.45) is 0 Å². The lowest BCUT2D eigenvalue weighted by Gasteiger charge is -2.09. The van der Waals surface area contributed by atoms with Crippen LogP contribution in [0.5, 0.6) is 0 Å². The van der Waals surface area contributed by atoms with Crippen LogP contribution in [0.3, 0.4) is 0 Å². The average Bonchev–Trinajstić information content (AvgIpc) is 2.79. The highest BCUT2D eigenvalue weighted by Gasteiger charge is 2.13. The zero-order chi connectivity index (χ0) is 15.0. The lowest BCUT2D eigenvalue weighted by molar-refractivity contribution is 0.620. The molecule has 3 rings (SSSR count). The van der Waals surface area contributed by atoms with E-state index in [-0.39, 0.29) is 11.7 Å². The number of hydrogen-bond acceptors (Lipinski definition) is 2. The maximum atomic E-state index is 13.7. The van der Waals surface area contributed by atoms with Crippen molar-refractivity contribution < 1.29 is 4.39 Å². The maximum absolute atomic E-state index is 13.7. The molecule has 0 aliphatic rings. The molecule has 21 heavy (non-hydrogen) atoms. The number of benzene rings is 1. The van der Waals surface area contributed by atoms with Gasteiger partial charge in [-0.15, -0.1) is 11.6 Å². The normalized spacial score (nSPS) is 11.2. The van der Waals surface area contributed by atoms with Gasteiger partial charge in [-0.1, -0.05) is 6.07 Å². The summed E-state index contributed by atoms with van der Waals surface area (Å²) in [5, 5.41) is 0. The maximum Gasteiger partial charge on any atom is 0.128 e. The van der Waals surface area contributed by atoms with Crippen LogP contribution in [0.25, 0.3) is 11.0 Å². The SMILES string of the molecule is Cc1cc2c(cc1F)nc(CCl)n2Cc1ncccc1C. The zero-order valence-corrected chi connectivity index (χ0v) is 12.7. The number of aryl methyl sites for hydroxylation is 2. The second-order valence-corrected chi connectivity index (χ2v) is 5.37. The van der Waals surface area contributed by atoms with Gasteiger partial charge in [0.1, 0.15) is 11.6 Å². The van der Waals surface area contributed by atoms with E-state index in [9.17, 15) is 4.39 Å². The molecule has 0 aliphatic heterocycles. The van der Waals surface area contributed by atoms with Crippen molar-refractivity contribution in [1.29, 1.82) is 0 Å². The minimum absolute atomic E-state index is 0.248. The molecule has 0 saturated carbocycles. The minimum Gasteiger partial charge on any atom is -0.321 e. The Kier molecular flexibility index (Phi) is 3.64. The summed E-state index contributed by atoms with van der Waals surface area (Å²) in [6, 6.07) is 7.20. The molecule has 0 unspecified atom stereocenters.